The number of rotatable bonds is 9. The van der Waals surface area contributed by atoms with Crippen molar-refractivity contribution >= 4 is 58.2 Å². The summed E-state index contributed by atoms with van der Waals surface area (Å²) in [6.45, 7) is 8.22. The van der Waals surface area contributed by atoms with Crippen LogP contribution in [0.25, 0.3) is 0 Å². The van der Waals surface area contributed by atoms with Crippen molar-refractivity contribution in [3.8, 4) is 0 Å². The molecule has 0 radical (unpaired) electrons. The first-order valence-corrected chi connectivity index (χ1v) is 13.1. The fourth-order valence-electron chi connectivity index (χ4n) is 3.47. The van der Waals surface area contributed by atoms with Crippen molar-refractivity contribution in [1.82, 2.24) is 24.7 Å². The summed E-state index contributed by atoms with van der Waals surface area (Å²) in [4.78, 5) is 75.3. The summed E-state index contributed by atoms with van der Waals surface area (Å²) in [7, 11) is -5.16. The van der Waals surface area contributed by atoms with Crippen LogP contribution in [-0.2, 0) is 39.0 Å². The van der Waals surface area contributed by atoms with Crippen LogP contribution in [0.4, 0.5) is 4.79 Å². The smallest absolute Gasteiger partial charge is 0.731 e. The van der Waals surface area contributed by atoms with Crippen molar-refractivity contribution in [2.45, 2.75) is 62.9 Å². The van der Waals surface area contributed by atoms with Gasteiger partial charge in [-0.05, 0) is 13.8 Å². The van der Waals surface area contributed by atoms with E-state index in [1.807, 2.05) is 0 Å². The first-order chi connectivity index (χ1) is 16.5. The Kier molecular flexibility index (Phi) is 11.4. The molecule has 2 rings (SSSR count). The number of urea groups is 1. The first-order valence-electron chi connectivity index (χ1n) is 10.8. The average molecular weight is 574 g/mol. The van der Waals surface area contributed by atoms with Crippen LogP contribution in [0, 0.1) is 0 Å². The Morgan fingerprint density at radius 3 is 2.30 bits per heavy atom. The standard InChI is InChI=1S/C19H29N5O10S2.Na/c1-6-22-7-8-23(16(29)15(22)28)18(30)21-11(10(2)34-9-25)13(26)20-12-14(27)24(36(31,32)33)17(12)35-19(3,4)5;/h9-12,17H,6-8H2,1-5H3,(H,20,26)(H,21,30)(H,31,32,33);/q;+1/p-1/t10-,11?,12+,17+;/m0./s1. The molecule has 0 spiro atoms. The van der Waals surface area contributed by atoms with Gasteiger partial charge in [0.25, 0.3) is 12.4 Å². The summed E-state index contributed by atoms with van der Waals surface area (Å²) in [5, 5.41) is 3.24. The van der Waals surface area contributed by atoms with Gasteiger partial charge in [0.05, 0.1) is 0 Å². The molecule has 15 nitrogen and oxygen atoms in total. The number of hydrogen-bond donors (Lipinski definition) is 2. The zero-order valence-corrected chi connectivity index (χ0v) is 24.9. The third kappa shape index (κ3) is 7.79. The summed E-state index contributed by atoms with van der Waals surface area (Å²) >= 11 is 0.944. The molecule has 2 N–H and O–H groups in total. The number of hydrogen-bond acceptors (Lipinski definition) is 11. The number of nitrogens with zero attached hydrogens (tertiary/aromatic N) is 3. The summed E-state index contributed by atoms with van der Waals surface area (Å²) in [6, 6.07) is -4.19. The Balaban J connectivity index is 0.00000684. The Morgan fingerprint density at radius 2 is 1.81 bits per heavy atom. The van der Waals surface area contributed by atoms with Crippen molar-refractivity contribution in [1.29, 1.82) is 0 Å². The third-order valence-electron chi connectivity index (χ3n) is 5.25. The number of β-lactam (4-membered cyclic amide) rings is 1. The molecule has 0 bridgehead atoms. The molecular formula is C19H28N5NaO10S2. The number of piperazine rings is 1. The molecule has 4 atom stereocenters. The van der Waals surface area contributed by atoms with Crippen molar-refractivity contribution in [3.05, 3.63) is 0 Å². The van der Waals surface area contributed by atoms with Crippen LogP contribution in [0.5, 0.6) is 0 Å². The maximum absolute atomic E-state index is 13.0. The molecule has 6 amide bonds. The van der Waals surface area contributed by atoms with Gasteiger partial charge in [0.2, 0.25) is 5.91 Å². The summed E-state index contributed by atoms with van der Waals surface area (Å²) in [5.74, 6) is -4.25. The summed E-state index contributed by atoms with van der Waals surface area (Å²) in [5.41, 5.74) is 0. The van der Waals surface area contributed by atoms with Gasteiger partial charge in [0.1, 0.15) is 23.6 Å². The molecule has 0 aromatic carbocycles. The SMILES string of the molecule is CCN1CCN(C(=O)NC(C(=O)N[C@@H]2C(=O)N(S(=O)(=O)[O-])[C@@H]2SC(C)(C)C)[C@H](C)OC=O)C(=O)C1=O.[Na+]. The van der Waals surface area contributed by atoms with E-state index in [0.717, 1.165) is 11.8 Å². The van der Waals surface area contributed by atoms with Gasteiger partial charge in [0.15, 0.2) is 10.3 Å². The van der Waals surface area contributed by atoms with Crippen LogP contribution in [0.3, 0.4) is 0 Å². The molecule has 2 fully saturated rings. The molecule has 0 saturated carbocycles. The van der Waals surface area contributed by atoms with Crippen LogP contribution >= 0.6 is 11.8 Å². The number of likely N-dealkylation sites (N-methyl/N-ethyl adjacent to an activating group) is 1. The van der Waals surface area contributed by atoms with E-state index in [0.29, 0.717) is 4.90 Å². The van der Waals surface area contributed by atoms with Crippen molar-refractivity contribution in [3.63, 3.8) is 0 Å². The van der Waals surface area contributed by atoms with Gasteiger partial charge >= 0.3 is 47.4 Å². The summed E-state index contributed by atoms with van der Waals surface area (Å²) < 4.78 is 38.9. The molecule has 2 saturated heterocycles. The normalized spacial score (nSPS) is 21.9. The van der Waals surface area contributed by atoms with E-state index >= 15 is 0 Å². The quantitative estimate of drug-likeness (QED) is 0.0879. The number of carbonyl (C=O) groups is 6. The van der Waals surface area contributed by atoms with Gasteiger partial charge < -0.3 is 24.8 Å². The van der Waals surface area contributed by atoms with Gasteiger partial charge in [-0.1, -0.05) is 20.8 Å². The van der Waals surface area contributed by atoms with Gasteiger partial charge in [-0.25, -0.2) is 17.5 Å². The molecule has 18 heteroatoms. The Labute approximate surface area is 240 Å². The minimum atomic E-state index is -5.16. The topological polar surface area (TPSA) is 203 Å². The van der Waals surface area contributed by atoms with Gasteiger partial charge in [-0.3, -0.25) is 28.9 Å². The zero-order chi connectivity index (χ0) is 27.6. The van der Waals surface area contributed by atoms with Gasteiger partial charge in [-0.2, -0.15) is 0 Å². The predicted octanol–water partition coefficient (Wildman–Crippen LogP) is -5.03. The first kappa shape index (κ1) is 33.1. The van der Waals surface area contributed by atoms with E-state index in [4.69, 9.17) is 4.74 Å². The number of imide groups is 1. The Morgan fingerprint density at radius 1 is 1.22 bits per heavy atom. The largest absolute Gasteiger partial charge is 1.00 e. The van der Waals surface area contributed by atoms with Gasteiger partial charge in [-0.15, -0.1) is 11.8 Å². The summed E-state index contributed by atoms with van der Waals surface area (Å²) in [6.07, 6.45) is -1.29. The van der Waals surface area contributed by atoms with Crippen LogP contribution in [0.15, 0.2) is 0 Å². The zero-order valence-electron chi connectivity index (χ0n) is 21.2. The minimum absolute atomic E-state index is 0. The second-order valence-corrected chi connectivity index (χ2v) is 12.1. The molecule has 2 aliphatic rings. The van der Waals surface area contributed by atoms with E-state index in [1.54, 1.807) is 27.7 Å². The van der Waals surface area contributed by atoms with Crippen molar-refractivity contribution in [2.24, 2.45) is 0 Å². The molecule has 0 aromatic heterocycles. The van der Waals surface area contributed by atoms with E-state index in [-0.39, 0.29) is 60.0 Å². The van der Waals surface area contributed by atoms with E-state index in [1.165, 1.54) is 11.8 Å². The fourth-order valence-corrected chi connectivity index (χ4v) is 5.87. The monoisotopic (exact) mass is 573 g/mol. The molecule has 1 unspecified atom stereocenters. The van der Waals surface area contributed by atoms with Gasteiger partial charge in [0, 0.05) is 24.4 Å². The average Bonchev–Trinajstić information content (AvgIpc) is 2.75. The number of ether oxygens (including phenoxy) is 1. The predicted molar refractivity (Wildman–Crippen MR) is 123 cm³/mol. The van der Waals surface area contributed by atoms with Crippen molar-refractivity contribution < 1.29 is 76.0 Å². The molecule has 37 heavy (non-hydrogen) atoms. The molecule has 0 aliphatic carbocycles. The Hall–Kier alpha value is -1.92. The minimum Gasteiger partial charge on any atom is -0.731 e. The van der Waals surface area contributed by atoms with E-state index < -0.39 is 68.3 Å². The van der Waals surface area contributed by atoms with E-state index in [2.05, 4.69) is 10.6 Å². The number of amides is 6. The maximum atomic E-state index is 13.0. The number of nitrogens with one attached hydrogen (secondary N) is 2. The van der Waals surface area contributed by atoms with Crippen LogP contribution in [0.2, 0.25) is 0 Å². The molecule has 2 heterocycles. The van der Waals surface area contributed by atoms with Crippen LogP contribution in [-0.4, -0.2) is 111 Å². The van der Waals surface area contributed by atoms with Crippen molar-refractivity contribution in [2.75, 3.05) is 19.6 Å². The van der Waals surface area contributed by atoms with Crippen LogP contribution < -0.4 is 40.2 Å². The molecule has 2 aliphatic heterocycles. The second kappa shape index (κ2) is 12.8. The third-order valence-corrected chi connectivity index (χ3v) is 7.70. The molecular weight excluding hydrogens is 545 g/mol. The maximum Gasteiger partial charge on any atom is 1.00 e. The Bertz CT molecular complexity index is 1050. The number of thioether (sulfide) groups is 1. The van der Waals surface area contributed by atoms with Crippen LogP contribution in [0.1, 0.15) is 34.6 Å². The fraction of sp³-hybridized carbons (Fsp3) is 0.684. The molecule has 0 aromatic rings. The van der Waals surface area contributed by atoms with E-state index in [9.17, 15) is 41.7 Å². The number of carbonyl (C=O) groups excluding carboxylic acids is 6. The molecule has 202 valence electrons. The second-order valence-electron chi connectivity index (χ2n) is 8.91.